The zero-order chi connectivity index (χ0) is 11.5. The second kappa shape index (κ2) is 4.93. The number of anilines is 1. The molecule has 2 aromatic rings. The standard InChI is InChI=1S/C11H15N3S2/c1-4-7-10(16-9(5-2)13-7)8-6-15-11(12-3)14-8/h6H,4-5H2,1-3H3,(H,12,14). The van der Waals surface area contributed by atoms with E-state index in [-0.39, 0.29) is 0 Å². The van der Waals surface area contributed by atoms with E-state index in [0.29, 0.717) is 0 Å². The molecule has 0 saturated carbocycles. The molecule has 0 radical (unpaired) electrons. The van der Waals surface area contributed by atoms with E-state index in [1.165, 1.54) is 15.6 Å². The smallest absolute Gasteiger partial charge is 0.182 e. The van der Waals surface area contributed by atoms with Crippen LogP contribution in [0.5, 0.6) is 0 Å². The molecule has 2 rings (SSSR count). The zero-order valence-electron chi connectivity index (χ0n) is 9.70. The minimum Gasteiger partial charge on any atom is -0.365 e. The first kappa shape index (κ1) is 11.5. The molecule has 2 heterocycles. The predicted octanol–water partition coefficient (Wildman–Crippen LogP) is 3.43. The number of aromatic nitrogens is 2. The zero-order valence-corrected chi connectivity index (χ0v) is 11.3. The van der Waals surface area contributed by atoms with Crippen molar-refractivity contribution in [3.05, 3.63) is 16.1 Å². The lowest BCUT2D eigenvalue weighted by Crippen LogP contribution is -1.87. The maximum absolute atomic E-state index is 4.62. The molecule has 0 bridgehead atoms. The minimum absolute atomic E-state index is 0.962. The van der Waals surface area contributed by atoms with Crippen LogP contribution in [0, 0.1) is 0 Å². The van der Waals surface area contributed by atoms with Gasteiger partial charge in [-0.15, -0.1) is 22.7 Å². The fourth-order valence-electron chi connectivity index (χ4n) is 1.48. The molecular formula is C11H15N3S2. The van der Waals surface area contributed by atoms with Crippen molar-refractivity contribution < 1.29 is 0 Å². The summed E-state index contributed by atoms with van der Waals surface area (Å²) in [7, 11) is 1.90. The molecule has 3 nitrogen and oxygen atoms in total. The Hall–Kier alpha value is -0.940. The van der Waals surface area contributed by atoms with E-state index in [1.807, 2.05) is 7.05 Å². The van der Waals surface area contributed by atoms with E-state index in [1.54, 1.807) is 22.7 Å². The van der Waals surface area contributed by atoms with Crippen molar-refractivity contribution in [1.82, 2.24) is 9.97 Å². The summed E-state index contributed by atoms with van der Waals surface area (Å²) in [5, 5.41) is 7.32. The van der Waals surface area contributed by atoms with Crippen LogP contribution in [0.3, 0.4) is 0 Å². The molecule has 0 aromatic carbocycles. The number of nitrogens with one attached hydrogen (secondary N) is 1. The highest BCUT2D eigenvalue weighted by molar-refractivity contribution is 7.16. The Morgan fingerprint density at radius 2 is 2.06 bits per heavy atom. The largest absolute Gasteiger partial charge is 0.365 e. The summed E-state index contributed by atoms with van der Waals surface area (Å²) in [5.41, 5.74) is 2.23. The van der Waals surface area contributed by atoms with E-state index >= 15 is 0 Å². The van der Waals surface area contributed by atoms with Gasteiger partial charge in [0.05, 0.1) is 21.3 Å². The van der Waals surface area contributed by atoms with Crippen molar-refractivity contribution in [1.29, 1.82) is 0 Å². The van der Waals surface area contributed by atoms with Gasteiger partial charge in [0.1, 0.15) is 0 Å². The summed E-state index contributed by atoms with van der Waals surface area (Å²) in [5.74, 6) is 0. The molecule has 0 aliphatic carbocycles. The lowest BCUT2D eigenvalue weighted by Gasteiger charge is -1.94. The summed E-state index contributed by atoms with van der Waals surface area (Å²) in [4.78, 5) is 10.4. The van der Waals surface area contributed by atoms with Crippen LogP contribution in [0.25, 0.3) is 10.6 Å². The van der Waals surface area contributed by atoms with Gasteiger partial charge in [-0.25, -0.2) is 9.97 Å². The summed E-state index contributed by atoms with van der Waals surface area (Å²) in [6, 6.07) is 0. The fraction of sp³-hybridized carbons (Fsp3) is 0.455. The van der Waals surface area contributed by atoms with E-state index in [9.17, 15) is 0 Å². The van der Waals surface area contributed by atoms with Crippen LogP contribution in [-0.4, -0.2) is 17.0 Å². The van der Waals surface area contributed by atoms with Gasteiger partial charge in [-0.1, -0.05) is 13.8 Å². The SMILES string of the molecule is CCc1nc(CC)c(-c2csc(NC)n2)s1. The monoisotopic (exact) mass is 253 g/mol. The number of nitrogens with zero attached hydrogens (tertiary/aromatic N) is 2. The van der Waals surface area contributed by atoms with Gasteiger partial charge in [0, 0.05) is 12.4 Å². The number of thiazole rings is 2. The summed E-state index contributed by atoms with van der Waals surface area (Å²) >= 11 is 3.40. The van der Waals surface area contributed by atoms with E-state index in [2.05, 4.69) is 34.5 Å². The molecule has 2 aromatic heterocycles. The van der Waals surface area contributed by atoms with Crippen molar-refractivity contribution in [2.24, 2.45) is 0 Å². The molecule has 0 aliphatic heterocycles. The van der Waals surface area contributed by atoms with Crippen molar-refractivity contribution in [2.45, 2.75) is 26.7 Å². The highest BCUT2D eigenvalue weighted by Gasteiger charge is 2.13. The third-order valence-electron chi connectivity index (χ3n) is 2.33. The minimum atomic E-state index is 0.962. The van der Waals surface area contributed by atoms with Crippen LogP contribution < -0.4 is 5.32 Å². The first-order chi connectivity index (χ1) is 7.78. The summed E-state index contributed by atoms with van der Waals surface area (Å²) < 4.78 is 0. The van der Waals surface area contributed by atoms with E-state index < -0.39 is 0 Å². The molecule has 0 atom stereocenters. The van der Waals surface area contributed by atoms with Crippen molar-refractivity contribution in [3.8, 4) is 10.6 Å². The van der Waals surface area contributed by atoms with Crippen molar-refractivity contribution in [2.75, 3.05) is 12.4 Å². The molecular weight excluding hydrogens is 238 g/mol. The van der Waals surface area contributed by atoms with Crippen LogP contribution in [-0.2, 0) is 12.8 Å². The third kappa shape index (κ3) is 2.10. The molecule has 0 saturated heterocycles. The number of rotatable bonds is 4. The summed E-state index contributed by atoms with van der Waals surface area (Å²) in [6.07, 6.45) is 1.97. The molecule has 0 aliphatic rings. The molecule has 1 N–H and O–H groups in total. The van der Waals surface area contributed by atoms with Gasteiger partial charge >= 0.3 is 0 Å². The molecule has 0 fully saturated rings. The van der Waals surface area contributed by atoms with Crippen LogP contribution in [0.1, 0.15) is 24.5 Å². The van der Waals surface area contributed by atoms with E-state index in [4.69, 9.17) is 0 Å². The van der Waals surface area contributed by atoms with Gasteiger partial charge in [-0.05, 0) is 12.8 Å². The Morgan fingerprint density at radius 3 is 2.62 bits per heavy atom. The van der Waals surface area contributed by atoms with Gasteiger partial charge in [0.2, 0.25) is 0 Å². The number of aryl methyl sites for hydroxylation is 2. The van der Waals surface area contributed by atoms with Crippen LogP contribution >= 0.6 is 22.7 Å². The molecule has 0 unspecified atom stereocenters. The lowest BCUT2D eigenvalue weighted by atomic mass is 10.2. The first-order valence-electron chi connectivity index (χ1n) is 5.40. The Balaban J connectivity index is 2.41. The Morgan fingerprint density at radius 1 is 1.25 bits per heavy atom. The van der Waals surface area contributed by atoms with E-state index in [0.717, 1.165) is 23.7 Å². The van der Waals surface area contributed by atoms with Gasteiger partial charge in [-0.3, -0.25) is 0 Å². The topological polar surface area (TPSA) is 37.8 Å². The Kier molecular flexibility index (Phi) is 3.56. The number of hydrogen-bond donors (Lipinski definition) is 1. The van der Waals surface area contributed by atoms with Crippen LogP contribution in [0.2, 0.25) is 0 Å². The average Bonchev–Trinajstić information content (AvgIpc) is 2.94. The molecule has 5 heteroatoms. The Labute approximate surface area is 104 Å². The second-order valence-corrected chi connectivity index (χ2v) is 5.32. The van der Waals surface area contributed by atoms with Crippen LogP contribution in [0.4, 0.5) is 5.13 Å². The molecule has 86 valence electrons. The van der Waals surface area contributed by atoms with Gasteiger partial charge in [0.15, 0.2) is 5.13 Å². The van der Waals surface area contributed by atoms with Crippen molar-refractivity contribution in [3.63, 3.8) is 0 Å². The first-order valence-corrected chi connectivity index (χ1v) is 7.10. The third-order valence-corrected chi connectivity index (χ3v) is 4.45. The van der Waals surface area contributed by atoms with Gasteiger partial charge < -0.3 is 5.32 Å². The fourth-order valence-corrected chi connectivity index (χ4v) is 3.27. The van der Waals surface area contributed by atoms with Crippen LogP contribution in [0.15, 0.2) is 5.38 Å². The molecule has 0 spiro atoms. The number of hydrogen-bond acceptors (Lipinski definition) is 5. The normalized spacial score (nSPS) is 10.7. The highest BCUT2D eigenvalue weighted by atomic mass is 32.1. The lowest BCUT2D eigenvalue weighted by molar-refractivity contribution is 1.00. The molecule has 0 amide bonds. The quantitative estimate of drug-likeness (QED) is 0.907. The maximum Gasteiger partial charge on any atom is 0.182 e. The Bertz CT molecular complexity index is 473. The van der Waals surface area contributed by atoms with Gasteiger partial charge in [0.25, 0.3) is 0 Å². The average molecular weight is 253 g/mol. The highest BCUT2D eigenvalue weighted by Crippen LogP contribution is 2.32. The molecule has 16 heavy (non-hydrogen) atoms. The van der Waals surface area contributed by atoms with Gasteiger partial charge in [-0.2, -0.15) is 0 Å². The predicted molar refractivity (Wildman–Crippen MR) is 71.5 cm³/mol. The maximum atomic E-state index is 4.62. The second-order valence-electron chi connectivity index (χ2n) is 3.38. The van der Waals surface area contributed by atoms with Crippen molar-refractivity contribution >= 4 is 27.8 Å². The summed E-state index contributed by atoms with van der Waals surface area (Å²) in [6.45, 7) is 4.28.